The molecule has 1 aliphatic heterocycles. The number of halogens is 1. The number of hydrogen-bond donors (Lipinski definition) is 2. The number of hydrogen-bond acceptors (Lipinski definition) is 3. The summed E-state index contributed by atoms with van der Waals surface area (Å²) in [5.74, 6) is 1.33. The minimum absolute atomic E-state index is 0. The van der Waals surface area contributed by atoms with Crippen LogP contribution in [0.4, 0.5) is 0 Å². The zero-order valence-corrected chi connectivity index (χ0v) is 17.0. The molecular weight excluding hydrogens is 350 g/mol. The van der Waals surface area contributed by atoms with E-state index in [1.54, 1.807) is 0 Å². The Labute approximate surface area is 164 Å². The highest BCUT2D eigenvalue weighted by Gasteiger charge is 2.32. The first-order valence-electron chi connectivity index (χ1n) is 10.4. The van der Waals surface area contributed by atoms with Crippen LogP contribution in [0, 0.1) is 11.8 Å². The minimum Gasteiger partial charge on any atom is -0.353 e. The number of amides is 2. The molecule has 3 aliphatic rings. The smallest absolute Gasteiger partial charge is 0.226 e. The fraction of sp³-hybridized carbons (Fsp3) is 0.900. The van der Waals surface area contributed by atoms with E-state index in [2.05, 4.69) is 22.5 Å². The Hall–Kier alpha value is -0.810. The Morgan fingerprint density at radius 3 is 2.38 bits per heavy atom. The molecule has 2 aliphatic carbocycles. The molecule has 0 radical (unpaired) electrons. The van der Waals surface area contributed by atoms with Crippen molar-refractivity contribution in [1.29, 1.82) is 0 Å². The van der Waals surface area contributed by atoms with Crippen LogP contribution >= 0.6 is 12.4 Å². The van der Waals surface area contributed by atoms with E-state index in [4.69, 9.17) is 0 Å². The van der Waals surface area contributed by atoms with Crippen molar-refractivity contribution >= 4 is 24.2 Å². The number of carbonyl (C=O) groups excluding carboxylic acids is 2. The van der Waals surface area contributed by atoms with Gasteiger partial charge in [-0.2, -0.15) is 0 Å². The van der Waals surface area contributed by atoms with Crippen LogP contribution in [0.15, 0.2) is 0 Å². The van der Waals surface area contributed by atoms with E-state index >= 15 is 0 Å². The minimum atomic E-state index is 0. The van der Waals surface area contributed by atoms with E-state index in [1.807, 2.05) is 0 Å². The zero-order valence-electron chi connectivity index (χ0n) is 16.2. The molecule has 2 N–H and O–H groups in total. The first-order valence-corrected chi connectivity index (χ1v) is 10.4. The lowest BCUT2D eigenvalue weighted by Crippen LogP contribution is -2.54. The highest BCUT2D eigenvalue weighted by Crippen LogP contribution is 2.29. The molecule has 1 unspecified atom stereocenters. The van der Waals surface area contributed by atoms with Gasteiger partial charge in [-0.25, -0.2) is 0 Å². The molecule has 1 atom stereocenters. The summed E-state index contributed by atoms with van der Waals surface area (Å²) < 4.78 is 0. The molecule has 0 bridgehead atoms. The van der Waals surface area contributed by atoms with Crippen LogP contribution in [0.1, 0.15) is 71.1 Å². The van der Waals surface area contributed by atoms with Gasteiger partial charge in [0.25, 0.3) is 0 Å². The second kappa shape index (κ2) is 10.5. The SMILES string of the molecule is CC1CNCCN1C(=O)C1CCC(NC(=O)CC2CCCCC2)CC1.Cl. The summed E-state index contributed by atoms with van der Waals surface area (Å²) in [5, 5.41) is 6.58. The third-order valence-corrected chi connectivity index (χ3v) is 6.42. The fourth-order valence-electron chi connectivity index (χ4n) is 4.83. The molecule has 0 aromatic heterocycles. The van der Waals surface area contributed by atoms with Crippen molar-refractivity contribution in [3.8, 4) is 0 Å². The molecule has 0 spiro atoms. The van der Waals surface area contributed by atoms with E-state index in [0.29, 0.717) is 24.3 Å². The van der Waals surface area contributed by atoms with Crippen LogP contribution in [-0.4, -0.2) is 48.4 Å². The van der Waals surface area contributed by atoms with Crippen molar-refractivity contribution in [3.05, 3.63) is 0 Å². The summed E-state index contributed by atoms with van der Waals surface area (Å²) in [4.78, 5) is 27.1. The van der Waals surface area contributed by atoms with Gasteiger partial charge in [0.1, 0.15) is 0 Å². The molecule has 6 heteroatoms. The molecule has 1 heterocycles. The maximum absolute atomic E-state index is 12.8. The van der Waals surface area contributed by atoms with Crippen LogP contribution in [-0.2, 0) is 9.59 Å². The maximum Gasteiger partial charge on any atom is 0.226 e. The lowest BCUT2D eigenvalue weighted by atomic mass is 9.84. The second-order valence-electron chi connectivity index (χ2n) is 8.41. The summed E-state index contributed by atoms with van der Waals surface area (Å²) in [5.41, 5.74) is 0. The Balaban J connectivity index is 0.00000243. The first kappa shape index (κ1) is 21.5. The number of carbonyl (C=O) groups is 2. The summed E-state index contributed by atoms with van der Waals surface area (Å²) in [6.07, 6.45) is 10.8. The average molecular weight is 386 g/mol. The average Bonchev–Trinajstić information content (AvgIpc) is 2.63. The molecular formula is C20H36ClN3O2. The summed E-state index contributed by atoms with van der Waals surface area (Å²) in [6.45, 7) is 4.76. The highest BCUT2D eigenvalue weighted by atomic mass is 35.5. The molecule has 2 amide bonds. The standard InChI is InChI=1S/C20H35N3O2.ClH/c1-15-14-21-11-12-23(15)20(25)17-7-9-18(10-8-17)22-19(24)13-16-5-3-2-4-6-16;/h15-18,21H,2-14H2,1H3,(H,22,24);1H. The third kappa shape index (κ3) is 5.85. The normalized spacial score (nSPS) is 30.3. The second-order valence-corrected chi connectivity index (χ2v) is 8.41. The monoisotopic (exact) mass is 385 g/mol. The van der Waals surface area contributed by atoms with Crippen LogP contribution in [0.25, 0.3) is 0 Å². The van der Waals surface area contributed by atoms with Gasteiger partial charge in [-0.3, -0.25) is 9.59 Å². The van der Waals surface area contributed by atoms with Crippen LogP contribution in [0.5, 0.6) is 0 Å². The summed E-state index contributed by atoms with van der Waals surface area (Å²) in [6, 6.07) is 0.578. The van der Waals surface area contributed by atoms with Gasteiger partial charge in [0.2, 0.25) is 11.8 Å². The third-order valence-electron chi connectivity index (χ3n) is 6.42. The van der Waals surface area contributed by atoms with Crippen molar-refractivity contribution < 1.29 is 9.59 Å². The number of nitrogens with zero attached hydrogens (tertiary/aromatic N) is 1. The first-order chi connectivity index (χ1) is 12.1. The van der Waals surface area contributed by atoms with Crippen molar-refractivity contribution in [3.63, 3.8) is 0 Å². The Morgan fingerprint density at radius 1 is 1.04 bits per heavy atom. The molecule has 3 rings (SSSR count). The van der Waals surface area contributed by atoms with Gasteiger partial charge in [-0.15, -0.1) is 12.4 Å². The predicted octanol–water partition coefficient (Wildman–Crippen LogP) is 2.87. The Bertz CT molecular complexity index is 460. The number of nitrogens with one attached hydrogen (secondary N) is 2. The van der Waals surface area contributed by atoms with E-state index in [0.717, 1.165) is 45.3 Å². The zero-order chi connectivity index (χ0) is 17.6. The number of piperazine rings is 1. The molecule has 5 nitrogen and oxygen atoms in total. The van der Waals surface area contributed by atoms with Crippen LogP contribution in [0.3, 0.4) is 0 Å². The largest absolute Gasteiger partial charge is 0.353 e. The molecule has 150 valence electrons. The van der Waals surface area contributed by atoms with Gasteiger partial charge >= 0.3 is 0 Å². The van der Waals surface area contributed by atoms with Gasteiger partial charge in [0.05, 0.1) is 0 Å². The Kier molecular flexibility index (Phi) is 8.68. The van der Waals surface area contributed by atoms with Gasteiger partial charge in [-0.1, -0.05) is 19.3 Å². The topological polar surface area (TPSA) is 61.4 Å². The summed E-state index contributed by atoms with van der Waals surface area (Å²) >= 11 is 0. The van der Waals surface area contributed by atoms with Crippen LogP contribution in [0.2, 0.25) is 0 Å². The molecule has 26 heavy (non-hydrogen) atoms. The molecule has 0 aromatic rings. The van der Waals surface area contributed by atoms with Crippen molar-refractivity contribution in [2.45, 2.75) is 83.2 Å². The van der Waals surface area contributed by atoms with E-state index in [9.17, 15) is 9.59 Å². The lowest BCUT2D eigenvalue weighted by Gasteiger charge is -2.38. The predicted molar refractivity (Wildman–Crippen MR) is 106 cm³/mol. The Morgan fingerprint density at radius 2 is 1.73 bits per heavy atom. The van der Waals surface area contributed by atoms with Crippen molar-refractivity contribution in [2.75, 3.05) is 19.6 Å². The van der Waals surface area contributed by atoms with E-state index in [1.165, 1.54) is 32.1 Å². The highest BCUT2D eigenvalue weighted by molar-refractivity contribution is 5.85. The molecule has 0 aromatic carbocycles. The van der Waals surface area contributed by atoms with Crippen molar-refractivity contribution in [2.24, 2.45) is 11.8 Å². The van der Waals surface area contributed by atoms with Gasteiger partial charge in [-0.05, 0) is 51.4 Å². The van der Waals surface area contributed by atoms with E-state index < -0.39 is 0 Å². The number of rotatable bonds is 4. The van der Waals surface area contributed by atoms with Crippen LogP contribution < -0.4 is 10.6 Å². The lowest BCUT2D eigenvalue weighted by molar-refractivity contribution is -0.139. The van der Waals surface area contributed by atoms with Gasteiger partial charge in [0.15, 0.2) is 0 Å². The fourth-order valence-corrected chi connectivity index (χ4v) is 4.83. The molecule has 1 saturated heterocycles. The van der Waals surface area contributed by atoms with E-state index in [-0.39, 0.29) is 30.3 Å². The maximum atomic E-state index is 12.8. The van der Waals surface area contributed by atoms with Crippen molar-refractivity contribution in [1.82, 2.24) is 15.5 Å². The molecule has 3 fully saturated rings. The summed E-state index contributed by atoms with van der Waals surface area (Å²) in [7, 11) is 0. The quantitative estimate of drug-likeness (QED) is 0.782. The molecule has 2 saturated carbocycles. The van der Waals surface area contributed by atoms with Gasteiger partial charge in [0, 0.05) is 44.1 Å². The van der Waals surface area contributed by atoms with Gasteiger partial charge < -0.3 is 15.5 Å².